The maximum Gasteiger partial charge on any atom is 0.416 e. The number of rotatable bonds is 9. The van der Waals surface area contributed by atoms with E-state index in [0.717, 1.165) is 24.3 Å². The van der Waals surface area contributed by atoms with Crippen LogP contribution in [0.3, 0.4) is 0 Å². The molecular formula is C42H41F6N9O6S2. The van der Waals surface area contributed by atoms with Gasteiger partial charge in [0.05, 0.1) is 49.3 Å². The van der Waals surface area contributed by atoms with Crippen molar-refractivity contribution >= 4 is 61.1 Å². The van der Waals surface area contributed by atoms with Crippen molar-refractivity contribution in [1.29, 1.82) is 0 Å². The summed E-state index contributed by atoms with van der Waals surface area (Å²) >= 11 is 2.55. The minimum atomic E-state index is -4.49. The Kier molecular flexibility index (Phi) is 13.6. The fraction of sp³-hybridized carbons (Fsp3) is 0.405. The third-order valence-electron chi connectivity index (χ3n) is 11.2. The Morgan fingerprint density at radius 1 is 0.692 bits per heavy atom. The summed E-state index contributed by atoms with van der Waals surface area (Å²) in [5.74, 6) is -0.00610. The highest BCUT2D eigenvalue weighted by Gasteiger charge is 2.41. The predicted molar refractivity (Wildman–Crippen MR) is 225 cm³/mol. The molecule has 0 bridgehead atoms. The maximum absolute atomic E-state index is 13.3. The Labute approximate surface area is 374 Å². The molecule has 0 atom stereocenters. The molecule has 0 radical (unpaired) electrons. The largest absolute Gasteiger partial charge is 0.479 e. The Bertz CT molecular complexity index is 2700. The molecule has 0 unspecified atom stereocenters. The standard InChI is InChI=1S/C22H22F3N5O3S.C20H19F3N4O3S/c1-13(31)29-21(14-4-3-5-15(10-14)22(23,24)25)6-8-30(9-7-21)17(32)11-16-28-18-19(33-2)26-12-27-20(18)34-16;1-30-17-16-18(25-11-24-17)31-14(26-16)10-15(28)27-7-5-19(29,6-8-27)12-3-2-4-13(9-12)20(21,22)23/h3-5,10,12H,6-9,11H2,1-2H3,(H,29,31);2-4,9,11,29H,5-8,10H2,1H3. The number of ether oxygens (including phenoxy) is 2. The number of nitrogens with zero attached hydrogens (tertiary/aromatic N) is 8. The molecule has 4 aromatic heterocycles. The molecule has 2 aliphatic heterocycles. The van der Waals surface area contributed by atoms with Crippen LogP contribution < -0.4 is 14.8 Å². The number of amides is 3. The SMILES string of the molecule is COc1ncnc2sc(CC(=O)N3CCC(NC(C)=O)(c4cccc(C(F)(F)F)c4)CC3)nc12.COc1ncnc2sc(CC(=O)N3CCC(O)(c4cccc(C(F)(F)F)c4)CC3)nc12. The molecule has 15 nitrogen and oxygen atoms in total. The molecule has 2 aliphatic rings. The summed E-state index contributed by atoms with van der Waals surface area (Å²) in [6.07, 6.45) is -5.24. The number of alkyl halides is 6. The molecule has 2 fully saturated rings. The maximum atomic E-state index is 13.3. The number of piperidine rings is 2. The fourth-order valence-electron chi connectivity index (χ4n) is 7.84. The lowest BCUT2D eigenvalue weighted by Gasteiger charge is -2.43. The van der Waals surface area contributed by atoms with Crippen LogP contribution in [0.4, 0.5) is 26.3 Å². The third kappa shape index (κ3) is 10.6. The van der Waals surface area contributed by atoms with Crippen LogP contribution in [0.5, 0.6) is 11.8 Å². The second-order valence-electron chi connectivity index (χ2n) is 15.4. The first kappa shape index (κ1) is 46.9. The molecule has 2 aromatic carbocycles. The summed E-state index contributed by atoms with van der Waals surface area (Å²) in [5, 5.41) is 14.9. The highest BCUT2D eigenvalue weighted by molar-refractivity contribution is 7.18. The average Bonchev–Trinajstić information content (AvgIpc) is 3.89. The van der Waals surface area contributed by atoms with E-state index in [9.17, 15) is 45.8 Å². The van der Waals surface area contributed by atoms with Crippen molar-refractivity contribution in [3.8, 4) is 11.8 Å². The number of hydrogen-bond acceptors (Lipinski definition) is 14. The first-order valence-corrected chi connectivity index (χ1v) is 21.6. The van der Waals surface area contributed by atoms with Crippen molar-refractivity contribution in [2.45, 2.75) is 68.9 Å². The predicted octanol–water partition coefficient (Wildman–Crippen LogP) is 6.48. The number of nitrogens with one attached hydrogen (secondary N) is 1. The monoisotopic (exact) mass is 945 g/mol. The van der Waals surface area contributed by atoms with Gasteiger partial charge in [0.2, 0.25) is 29.5 Å². The van der Waals surface area contributed by atoms with Crippen LogP contribution in [0.15, 0.2) is 61.2 Å². The van der Waals surface area contributed by atoms with Crippen molar-refractivity contribution in [2.75, 3.05) is 40.4 Å². The van der Waals surface area contributed by atoms with Gasteiger partial charge in [-0.15, -0.1) is 0 Å². The van der Waals surface area contributed by atoms with E-state index in [2.05, 4.69) is 35.2 Å². The van der Waals surface area contributed by atoms with Crippen LogP contribution in [0, 0.1) is 0 Å². The number of thiazole rings is 2. The van der Waals surface area contributed by atoms with Gasteiger partial charge in [-0.1, -0.05) is 46.9 Å². The number of aliphatic hydroxyl groups is 1. The van der Waals surface area contributed by atoms with Crippen molar-refractivity contribution < 1.29 is 55.3 Å². The lowest BCUT2D eigenvalue weighted by Crippen LogP contribution is -2.54. The van der Waals surface area contributed by atoms with E-state index in [4.69, 9.17) is 9.47 Å². The molecule has 0 aliphatic carbocycles. The van der Waals surface area contributed by atoms with Gasteiger partial charge in [-0.2, -0.15) is 36.3 Å². The summed E-state index contributed by atoms with van der Waals surface area (Å²) in [4.78, 5) is 67.2. The Morgan fingerprint density at radius 3 is 1.55 bits per heavy atom. The first-order valence-electron chi connectivity index (χ1n) is 20.0. The molecule has 0 saturated carbocycles. The van der Waals surface area contributed by atoms with Crippen molar-refractivity contribution in [3.05, 3.63) is 93.5 Å². The number of fused-ring (bicyclic) bond motifs is 2. The highest BCUT2D eigenvalue weighted by atomic mass is 32.1. The molecular weight excluding hydrogens is 905 g/mol. The lowest BCUT2D eigenvalue weighted by atomic mass is 9.80. The van der Waals surface area contributed by atoms with Gasteiger partial charge in [0.25, 0.3) is 0 Å². The minimum absolute atomic E-state index is 0.0564. The molecule has 23 heteroatoms. The molecule has 344 valence electrons. The van der Waals surface area contributed by atoms with Crippen LogP contribution in [-0.4, -0.2) is 103 Å². The van der Waals surface area contributed by atoms with E-state index < -0.39 is 34.6 Å². The molecule has 6 heterocycles. The quantitative estimate of drug-likeness (QED) is 0.151. The van der Waals surface area contributed by atoms with Crippen LogP contribution in [0.2, 0.25) is 0 Å². The zero-order chi connectivity index (χ0) is 46.7. The van der Waals surface area contributed by atoms with Crippen LogP contribution in [0.25, 0.3) is 20.7 Å². The molecule has 6 aromatic rings. The van der Waals surface area contributed by atoms with Gasteiger partial charge < -0.3 is 29.7 Å². The van der Waals surface area contributed by atoms with Gasteiger partial charge in [-0.25, -0.2) is 19.9 Å². The van der Waals surface area contributed by atoms with Crippen molar-refractivity contribution in [3.63, 3.8) is 0 Å². The van der Waals surface area contributed by atoms with E-state index in [-0.39, 0.29) is 75.1 Å². The normalized spacial score (nSPS) is 16.2. The number of carbonyl (C=O) groups is 3. The van der Waals surface area contributed by atoms with Gasteiger partial charge in [0.15, 0.2) is 20.7 Å². The number of aromatic nitrogens is 6. The number of methoxy groups -OCH3 is 2. The van der Waals surface area contributed by atoms with Gasteiger partial charge in [-0.3, -0.25) is 14.4 Å². The average molecular weight is 946 g/mol. The number of likely N-dealkylation sites (tertiary alicyclic amines) is 2. The fourth-order valence-corrected chi connectivity index (χ4v) is 9.61. The minimum Gasteiger partial charge on any atom is -0.479 e. The van der Waals surface area contributed by atoms with Gasteiger partial charge in [-0.05, 0) is 61.1 Å². The molecule has 2 saturated heterocycles. The zero-order valence-electron chi connectivity index (χ0n) is 35.0. The van der Waals surface area contributed by atoms with E-state index in [1.807, 2.05) is 0 Å². The second kappa shape index (κ2) is 18.8. The smallest absolute Gasteiger partial charge is 0.416 e. The van der Waals surface area contributed by atoms with E-state index in [0.29, 0.717) is 60.9 Å². The summed E-state index contributed by atoms with van der Waals surface area (Å²) < 4.78 is 89.1. The van der Waals surface area contributed by atoms with Gasteiger partial charge >= 0.3 is 12.4 Å². The van der Waals surface area contributed by atoms with Crippen molar-refractivity contribution in [1.82, 2.24) is 45.0 Å². The Morgan fingerprint density at radius 2 is 1.12 bits per heavy atom. The summed E-state index contributed by atoms with van der Waals surface area (Å²) in [6.45, 7) is 2.36. The van der Waals surface area contributed by atoms with E-state index in [1.54, 1.807) is 15.9 Å². The molecule has 0 spiro atoms. The topological polar surface area (TPSA) is 186 Å². The summed E-state index contributed by atoms with van der Waals surface area (Å²) in [7, 11) is 2.95. The highest BCUT2D eigenvalue weighted by Crippen LogP contribution is 2.39. The summed E-state index contributed by atoms with van der Waals surface area (Å²) in [5.41, 5.74) is -2.39. The Balaban J connectivity index is 0.000000195. The first-order chi connectivity index (χ1) is 30.8. The van der Waals surface area contributed by atoms with Gasteiger partial charge in [0.1, 0.15) is 22.7 Å². The Hall–Kier alpha value is -6.07. The lowest BCUT2D eigenvalue weighted by molar-refractivity contribution is -0.138. The second-order valence-corrected chi connectivity index (χ2v) is 17.5. The summed E-state index contributed by atoms with van der Waals surface area (Å²) in [6, 6.07) is 9.72. The number of carbonyl (C=O) groups excluding carboxylic acids is 3. The van der Waals surface area contributed by atoms with Crippen molar-refractivity contribution in [2.24, 2.45) is 0 Å². The molecule has 65 heavy (non-hydrogen) atoms. The van der Waals surface area contributed by atoms with E-state index in [1.165, 1.54) is 74.7 Å². The zero-order valence-corrected chi connectivity index (χ0v) is 36.6. The number of hydrogen-bond donors (Lipinski definition) is 2. The van der Waals surface area contributed by atoms with Crippen LogP contribution >= 0.6 is 22.7 Å². The van der Waals surface area contributed by atoms with Crippen LogP contribution in [0.1, 0.15) is 64.9 Å². The third-order valence-corrected chi connectivity index (χ3v) is 13.1. The van der Waals surface area contributed by atoms with Crippen LogP contribution in [-0.2, 0) is 50.7 Å². The van der Waals surface area contributed by atoms with Gasteiger partial charge in [0, 0.05) is 33.1 Å². The molecule has 2 N–H and O–H groups in total. The number of halogens is 6. The van der Waals surface area contributed by atoms with E-state index >= 15 is 0 Å². The number of benzene rings is 2. The molecule has 8 rings (SSSR count). The molecule has 3 amide bonds.